The number of aliphatic hydroxyl groups is 1. The van der Waals surface area contributed by atoms with Gasteiger partial charge in [0.05, 0.1) is 22.9 Å². The molecule has 1 amide bonds. The molecule has 108 valence electrons. The highest BCUT2D eigenvalue weighted by molar-refractivity contribution is 8.01. The third-order valence-corrected chi connectivity index (χ3v) is 5.32. The molecule has 1 aromatic heterocycles. The molecule has 1 N–H and O–H groups in total. The second kappa shape index (κ2) is 7.06. The summed E-state index contributed by atoms with van der Waals surface area (Å²) in [5, 5.41) is 9.03. The molecule has 0 aliphatic rings. The van der Waals surface area contributed by atoms with Crippen LogP contribution >= 0.6 is 23.1 Å². The fraction of sp³-hybridized carbons (Fsp3) is 0.429. The molecule has 6 heteroatoms. The average Bonchev–Trinajstić information content (AvgIpc) is 2.88. The summed E-state index contributed by atoms with van der Waals surface area (Å²) >= 11 is 3.26. The van der Waals surface area contributed by atoms with Crippen molar-refractivity contribution < 1.29 is 9.90 Å². The number of amides is 1. The second-order valence-electron chi connectivity index (χ2n) is 4.58. The first-order valence-electron chi connectivity index (χ1n) is 6.46. The van der Waals surface area contributed by atoms with Crippen LogP contribution in [0.2, 0.25) is 0 Å². The van der Waals surface area contributed by atoms with Gasteiger partial charge in [0.25, 0.3) is 0 Å². The number of benzene rings is 1. The van der Waals surface area contributed by atoms with Gasteiger partial charge in [-0.05, 0) is 19.1 Å². The van der Waals surface area contributed by atoms with Gasteiger partial charge in [-0.25, -0.2) is 4.98 Å². The lowest BCUT2D eigenvalue weighted by Gasteiger charge is -2.22. The van der Waals surface area contributed by atoms with E-state index in [1.807, 2.05) is 25.1 Å². The Kier molecular flexibility index (Phi) is 5.39. The number of carbonyl (C=O) groups excluding carboxylic acids is 1. The number of para-hydroxylation sites is 1. The Hall–Kier alpha value is -1.11. The Morgan fingerprint density at radius 2 is 2.25 bits per heavy atom. The van der Waals surface area contributed by atoms with Gasteiger partial charge >= 0.3 is 0 Å². The van der Waals surface area contributed by atoms with E-state index in [0.717, 1.165) is 9.86 Å². The van der Waals surface area contributed by atoms with Crippen LogP contribution in [-0.2, 0) is 4.79 Å². The van der Waals surface area contributed by atoms with Gasteiger partial charge in [-0.15, -0.1) is 11.3 Å². The maximum absolute atomic E-state index is 11.9. The SMILES string of the molecule is CC(CO)N(C)C(=O)CCSc1nc2ccccc2s1. The molecule has 1 aromatic carbocycles. The number of hydrogen-bond acceptors (Lipinski definition) is 5. The molecule has 0 bridgehead atoms. The summed E-state index contributed by atoms with van der Waals surface area (Å²) in [6.45, 7) is 1.83. The van der Waals surface area contributed by atoms with E-state index in [2.05, 4.69) is 11.1 Å². The van der Waals surface area contributed by atoms with E-state index in [1.54, 1.807) is 35.0 Å². The number of nitrogens with zero attached hydrogens (tertiary/aromatic N) is 2. The van der Waals surface area contributed by atoms with Crippen molar-refractivity contribution in [3.8, 4) is 0 Å². The topological polar surface area (TPSA) is 53.4 Å². The van der Waals surface area contributed by atoms with E-state index in [9.17, 15) is 4.79 Å². The number of fused-ring (bicyclic) bond motifs is 1. The summed E-state index contributed by atoms with van der Waals surface area (Å²) < 4.78 is 2.17. The van der Waals surface area contributed by atoms with Gasteiger partial charge in [-0.2, -0.15) is 0 Å². The van der Waals surface area contributed by atoms with Gasteiger partial charge in [0.1, 0.15) is 0 Å². The molecule has 0 fully saturated rings. The Labute approximate surface area is 126 Å². The average molecular weight is 310 g/mol. The minimum atomic E-state index is -0.130. The molecule has 0 aliphatic heterocycles. The van der Waals surface area contributed by atoms with Crippen LogP contribution < -0.4 is 0 Å². The molecule has 1 heterocycles. The smallest absolute Gasteiger partial charge is 0.223 e. The third-order valence-electron chi connectivity index (χ3n) is 3.13. The summed E-state index contributed by atoms with van der Waals surface area (Å²) in [6.07, 6.45) is 0.460. The summed E-state index contributed by atoms with van der Waals surface area (Å²) in [6, 6.07) is 7.90. The zero-order chi connectivity index (χ0) is 14.5. The third kappa shape index (κ3) is 3.71. The Morgan fingerprint density at radius 3 is 2.95 bits per heavy atom. The van der Waals surface area contributed by atoms with Crippen molar-refractivity contribution in [2.24, 2.45) is 0 Å². The van der Waals surface area contributed by atoms with Crippen LogP contribution in [0.15, 0.2) is 28.6 Å². The maximum Gasteiger partial charge on any atom is 0.223 e. The highest BCUT2D eigenvalue weighted by atomic mass is 32.2. The summed E-state index contributed by atoms with van der Waals surface area (Å²) in [4.78, 5) is 18.0. The van der Waals surface area contributed by atoms with Crippen LogP contribution in [-0.4, -0.2) is 46.3 Å². The monoisotopic (exact) mass is 310 g/mol. The molecule has 2 aromatic rings. The van der Waals surface area contributed by atoms with Crippen molar-refractivity contribution in [1.29, 1.82) is 0 Å². The lowest BCUT2D eigenvalue weighted by molar-refractivity contribution is -0.131. The predicted octanol–water partition coefficient (Wildman–Crippen LogP) is 2.62. The zero-order valence-electron chi connectivity index (χ0n) is 11.6. The summed E-state index contributed by atoms with van der Waals surface area (Å²) in [5.41, 5.74) is 1.01. The molecule has 0 radical (unpaired) electrons. The van der Waals surface area contributed by atoms with Crippen LogP contribution in [0.25, 0.3) is 10.2 Å². The van der Waals surface area contributed by atoms with Gasteiger partial charge < -0.3 is 10.0 Å². The summed E-state index contributed by atoms with van der Waals surface area (Å²) in [7, 11) is 1.73. The molecule has 2 rings (SSSR count). The molecule has 1 atom stereocenters. The number of thiazole rings is 1. The predicted molar refractivity (Wildman–Crippen MR) is 84.3 cm³/mol. The lowest BCUT2D eigenvalue weighted by atomic mass is 10.3. The van der Waals surface area contributed by atoms with Crippen LogP contribution in [0.1, 0.15) is 13.3 Å². The maximum atomic E-state index is 11.9. The van der Waals surface area contributed by atoms with Gasteiger partial charge in [0.15, 0.2) is 4.34 Å². The van der Waals surface area contributed by atoms with E-state index in [1.165, 1.54) is 4.70 Å². The van der Waals surface area contributed by atoms with Crippen molar-refractivity contribution >= 4 is 39.2 Å². The number of aliphatic hydroxyl groups excluding tert-OH is 1. The lowest BCUT2D eigenvalue weighted by Crippen LogP contribution is -2.37. The van der Waals surface area contributed by atoms with Crippen molar-refractivity contribution in [1.82, 2.24) is 9.88 Å². The number of aromatic nitrogens is 1. The Bertz CT molecular complexity index is 552. The molecule has 20 heavy (non-hydrogen) atoms. The summed E-state index contributed by atoms with van der Waals surface area (Å²) in [5.74, 6) is 0.765. The minimum absolute atomic E-state index is 0.00669. The molecule has 1 unspecified atom stereocenters. The number of likely N-dealkylation sites (N-methyl/N-ethyl adjacent to an activating group) is 1. The molecule has 0 saturated heterocycles. The van der Waals surface area contributed by atoms with Crippen molar-refractivity contribution in [3.05, 3.63) is 24.3 Å². The molecule has 0 saturated carbocycles. The van der Waals surface area contributed by atoms with E-state index >= 15 is 0 Å². The molecule has 0 aliphatic carbocycles. The highest BCUT2D eigenvalue weighted by Gasteiger charge is 2.14. The normalized spacial score (nSPS) is 12.6. The van der Waals surface area contributed by atoms with Gasteiger partial charge in [-0.3, -0.25) is 4.79 Å². The second-order valence-corrected chi connectivity index (χ2v) is 6.95. The Morgan fingerprint density at radius 1 is 1.50 bits per heavy atom. The van der Waals surface area contributed by atoms with Gasteiger partial charge in [-0.1, -0.05) is 23.9 Å². The van der Waals surface area contributed by atoms with Crippen molar-refractivity contribution in [3.63, 3.8) is 0 Å². The van der Waals surface area contributed by atoms with E-state index in [0.29, 0.717) is 12.2 Å². The quantitative estimate of drug-likeness (QED) is 0.833. The Balaban J connectivity index is 1.85. The van der Waals surface area contributed by atoms with Crippen molar-refractivity contribution in [2.45, 2.75) is 23.7 Å². The van der Waals surface area contributed by atoms with Crippen LogP contribution in [0, 0.1) is 0 Å². The van der Waals surface area contributed by atoms with Crippen LogP contribution in [0.5, 0.6) is 0 Å². The van der Waals surface area contributed by atoms with Crippen LogP contribution in [0.3, 0.4) is 0 Å². The van der Waals surface area contributed by atoms with E-state index in [-0.39, 0.29) is 18.6 Å². The van der Waals surface area contributed by atoms with E-state index in [4.69, 9.17) is 5.11 Å². The number of thioether (sulfide) groups is 1. The number of carbonyl (C=O) groups is 1. The molecular formula is C14H18N2O2S2. The molecule has 0 spiro atoms. The number of hydrogen-bond donors (Lipinski definition) is 1. The van der Waals surface area contributed by atoms with Crippen LogP contribution in [0.4, 0.5) is 0 Å². The fourth-order valence-electron chi connectivity index (χ4n) is 1.68. The fourth-order valence-corrected chi connectivity index (χ4v) is 3.75. The molecular weight excluding hydrogens is 292 g/mol. The first kappa shape index (κ1) is 15.3. The molecule has 4 nitrogen and oxygen atoms in total. The first-order valence-corrected chi connectivity index (χ1v) is 8.27. The van der Waals surface area contributed by atoms with E-state index < -0.39 is 0 Å². The largest absolute Gasteiger partial charge is 0.394 e. The number of rotatable bonds is 6. The van der Waals surface area contributed by atoms with Gasteiger partial charge in [0, 0.05) is 19.2 Å². The minimum Gasteiger partial charge on any atom is -0.394 e. The standard InChI is InChI=1S/C14H18N2O2S2/c1-10(9-17)16(2)13(18)7-8-19-14-15-11-5-3-4-6-12(11)20-14/h3-6,10,17H,7-9H2,1-2H3. The first-order chi connectivity index (χ1) is 9.61. The van der Waals surface area contributed by atoms with Crippen molar-refractivity contribution in [2.75, 3.05) is 19.4 Å². The zero-order valence-corrected chi connectivity index (χ0v) is 13.2. The highest BCUT2D eigenvalue weighted by Crippen LogP contribution is 2.29. The van der Waals surface area contributed by atoms with Gasteiger partial charge in [0.2, 0.25) is 5.91 Å².